The smallest absolute Gasteiger partial charge is 0.239 e. The minimum atomic E-state index is -1.94. The van der Waals surface area contributed by atoms with E-state index in [1.165, 1.54) is 6.07 Å². The molecule has 0 unspecified atom stereocenters. The van der Waals surface area contributed by atoms with E-state index in [-0.39, 0.29) is 16.9 Å². The normalized spacial score (nSPS) is 32.5. The monoisotopic (exact) mass is 626 g/mol. The molecule has 0 radical (unpaired) electrons. The van der Waals surface area contributed by atoms with Crippen LogP contribution in [0.25, 0.3) is 22.3 Å². The molecule has 10 atom stereocenters. The van der Waals surface area contributed by atoms with Crippen molar-refractivity contribution in [2.75, 3.05) is 13.2 Å². The Morgan fingerprint density at radius 1 is 0.727 bits per heavy atom. The average molecular weight is 627 g/mol. The third kappa shape index (κ3) is 5.61. The molecular weight excluding hydrogens is 596 g/mol. The lowest BCUT2D eigenvalue weighted by Crippen LogP contribution is -2.60. The first-order chi connectivity index (χ1) is 20.9. The van der Waals surface area contributed by atoms with Crippen molar-refractivity contribution in [3.63, 3.8) is 0 Å². The lowest BCUT2D eigenvalue weighted by atomic mass is 9.94. The summed E-state index contributed by atoms with van der Waals surface area (Å²) in [4.78, 5) is 13.6. The molecule has 17 nitrogen and oxygen atoms in total. The molecule has 44 heavy (non-hydrogen) atoms. The summed E-state index contributed by atoms with van der Waals surface area (Å²) in [5.41, 5.74) is -1.46. The van der Waals surface area contributed by atoms with Crippen molar-refractivity contribution in [2.45, 2.75) is 55.5 Å². The molecule has 0 amide bonds. The molecule has 5 rings (SSSR count). The average Bonchev–Trinajstić information content (AvgIpc) is 2.98. The number of rotatable bonds is 7. The maximum atomic E-state index is 13.6. The molecule has 2 aliphatic rings. The van der Waals surface area contributed by atoms with Crippen LogP contribution in [0.5, 0.6) is 28.7 Å². The van der Waals surface area contributed by atoms with E-state index in [1.807, 2.05) is 0 Å². The number of ether oxygens (including phenoxy) is 4. The van der Waals surface area contributed by atoms with Gasteiger partial charge in [-0.1, -0.05) is 0 Å². The Bertz CT molecular complexity index is 1560. The van der Waals surface area contributed by atoms with E-state index in [0.717, 1.165) is 24.3 Å². The highest BCUT2D eigenvalue weighted by atomic mass is 16.7. The number of aliphatic hydroxyl groups excluding tert-OH is 8. The largest absolute Gasteiger partial charge is 0.508 e. The van der Waals surface area contributed by atoms with Crippen LogP contribution in [-0.4, -0.2) is 125 Å². The number of hydrogen-bond donors (Lipinski definition) is 11. The van der Waals surface area contributed by atoms with Gasteiger partial charge in [-0.2, -0.15) is 0 Å². The minimum absolute atomic E-state index is 0.0879. The minimum Gasteiger partial charge on any atom is -0.508 e. The Morgan fingerprint density at radius 2 is 1.45 bits per heavy atom. The summed E-state index contributed by atoms with van der Waals surface area (Å²) in [5, 5.41) is 110. The van der Waals surface area contributed by atoms with Crippen LogP contribution in [0.4, 0.5) is 0 Å². The summed E-state index contributed by atoms with van der Waals surface area (Å²) in [6, 6.07) is 5.26. The third-order valence-electron chi connectivity index (χ3n) is 7.38. The summed E-state index contributed by atoms with van der Waals surface area (Å²) in [6.07, 6.45) is -15.6. The lowest BCUT2D eigenvalue weighted by molar-refractivity contribution is -0.313. The van der Waals surface area contributed by atoms with Gasteiger partial charge in [-0.05, 0) is 18.2 Å². The second kappa shape index (κ2) is 12.3. The van der Waals surface area contributed by atoms with E-state index in [2.05, 4.69) is 0 Å². The van der Waals surface area contributed by atoms with E-state index >= 15 is 0 Å². The van der Waals surface area contributed by atoms with E-state index in [0.29, 0.717) is 0 Å². The predicted octanol–water partition coefficient (Wildman–Crippen LogP) is -2.86. The number of hydrogen-bond acceptors (Lipinski definition) is 17. The van der Waals surface area contributed by atoms with E-state index < -0.39 is 114 Å². The molecule has 0 aliphatic carbocycles. The van der Waals surface area contributed by atoms with Crippen molar-refractivity contribution in [3.8, 4) is 40.1 Å². The van der Waals surface area contributed by atoms with Gasteiger partial charge in [0.15, 0.2) is 23.5 Å². The highest BCUT2D eigenvalue weighted by Gasteiger charge is 2.46. The van der Waals surface area contributed by atoms with Gasteiger partial charge in [-0.25, -0.2) is 0 Å². The van der Waals surface area contributed by atoms with Crippen LogP contribution in [0.15, 0.2) is 39.5 Å². The molecule has 3 aromatic rings. The lowest BCUT2D eigenvalue weighted by Gasteiger charge is -2.39. The first-order valence-corrected chi connectivity index (χ1v) is 13.2. The van der Waals surface area contributed by atoms with E-state index in [9.17, 15) is 61.0 Å². The Kier molecular flexibility index (Phi) is 8.87. The SMILES string of the molecule is O=c1c(O[C@@H]2O[C@H](CO)[C@@H](O)[C@H](O)[C@H]2O)c(-c2ccc(O[C@H]3O[C@H](O)[C@@H](O)[C@H](O)[C@H]3CO)c(O)c2)oc2cc(O)cc(O)c12. The van der Waals surface area contributed by atoms with Gasteiger partial charge in [-0.3, -0.25) is 4.79 Å². The maximum absolute atomic E-state index is 13.6. The van der Waals surface area contributed by atoms with Gasteiger partial charge in [0.25, 0.3) is 0 Å². The maximum Gasteiger partial charge on any atom is 0.239 e. The van der Waals surface area contributed by atoms with Crippen LogP contribution >= 0.6 is 0 Å². The topological polar surface area (TPSA) is 290 Å². The van der Waals surface area contributed by atoms with Crippen molar-refractivity contribution in [1.29, 1.82) is 0 Å². The number of phenolic OH excluding ortho intramolecular Hbond substituents is 3. The Hall–Kier alpha value is -3.75. The number of benzene rings is 2. The zero-order chi connectivity index (χ0) is 32.0. The van der Waals surface area contributed by atoms with E-state index in [1.54, 1.807) is 0 Å². The fraction of sp³-hybridized carbons (Fsp3) is 0.444. The summed E-state index contributed by atoms with van der Waals surface area (Å²) in [7, 11) is 0. The fourth-order valence-corrected chi connectivity index (χ4v) is 4.94. The Labute approximate surface area is 246 Å². The van der Waals surface area contributed by atoms with E-state index in [4.69, 9.17) is 23.4 Å². The highest BCUT2D eigenvalue weighted by Crippen LogP contribution is 2.40. The zero-order valence-electron chi connectivity index (χ0n) is 22.4. The number of phenols is 3. The second-order valence-electron chi connectivity index (χ2n) is 10.3. The van der Waals surface area contributed by atoms with Crippen molar-refractivity contribution in [3.05, 3.63) is 40.6 Å². The summed E-state index contributed by atoms with van der Waals surface area (Å²) >= 11 is 0. The number of aliphatic hydroxyl groups is 8. The van der Waals surface area contributed by atoms with Gasteiger partial charge in [0, 0.05) is 17.7 Å². The van der Waals surface area contributed by atoms with Crippen molar-refractivity contribution in [2.24, 2.45) is 5.92 Å². The molecule has 3 heterocycles. The van der Waals surface area contributed by atoms with Gasteiger partial charge in [0.05, 0.1) is 25.2 Å². The molecule has 240 valence electrons. The molecule has 0 bridgehead atoms. The molecule has 1 aromatic heterocycles. The second-order valence-corrected chi connectivity index (χ2v) is 10.3. The Morgan fingerprint density at radius 3 is 2.11 bits per heavy atom. The first kappa shape index (κ1) is 31.7. The molecule has 2 saturated heterocycles. The molecular formula is C27H30O17. The molecule has 0 spiro atoms. The predicted molar refractivity (Wildman–Crippen MR) is 141 cm³/mol. The van der Waals surface area contributed by atoms with Gasteiger partial charge in [0.2, 0.25) is 23.8 Å². The van der Waals surface area contributed by atoms with Crippen LogP contribution in [0.1, 0.15) is 0 Å². The fourth-order valence-electron chi connectivity index (χ4n) is 4.94. The number of fused-ring (bicyclic) bond motifs is 1. The van der Waals surface area contributed by atoms with Crippen LogP contribution in [0.3, 0.4) is 0 Å². The highest BCUT2D eigenvalue weighted by molar-refractivity contribution is 5.88. The first-order valence-electron chi connectivity index (χ1n) is 13.2. The molecule has 2 fully saturated rings. The zero-order valence-corrected chi connectivity index (χ0v) is 22.4. The standard InChI is InChI=1S/C27H30O17/c28-6-10-17(33)21(37)25(39)44-26(10)41-13-2-1-8(3-11(13)31)23-24(19(35)16-12(32)4-9(30)5-14(16)40-23)43-27-22(38)20(36)18(34)15(7-29)42-27/h1-5,10,15,17-18,20-22,25-34,36-39H,6-7H2/t10-,15-,17-,18-,20+,21+,22-,25+,26+,27+/m1/s1. The summed E-state index contributed by atoms with van der Waals surface area (Å²) < 4.78 is 27.4. The van der Waals surface area contributed by atoms with Gasteiger partial charge in [0.1, 0.15) is 53.0 Å². The summed E-state index contributed by atoms with van der Waals surface area (Å²) in [6.45, 7) is -1.52. The molecule has 2 aliphatic heterocycles. The van der Waals surface area contributed by atoms with Crippen LogP contribution in [-0.2, 0) is 9.47 Å². The van der Waals surface area contributed by atoms with Crippen LogP contribution in [0, 0.1) is 5.92 Å². The van der Waals surface area contributed by atoms with Crippen molar-refractivity contribution in [1.82, 2.24) is 0 Å². The van der Waals surface area contributed by atoms with Crippen LogP contribution < -0.4 is 14.9 Å². The molecule has 17 heteroatoms. The molecule has 2 aromatic carbocycles. The van der Waals surface area contributed by atoms with Crippen molar-refractivity contribution >= 4 is 11.0 Å². The quantitative estimate of drug-likeness (QED) is 0.126. The van der Waals surface area contributed by atoms with Crippen molar-refractivity contribution < 1.29 is 79.5 Å². The number of aromatic hydroxyl groups is 3. The Balaban J connectivity index is 1.56. The van der Waals surface area contributed by atoms with Gasteiger partial charge >= 0.3 is 0 Å². The summed E-state index contributed by atoms with van der Waals surface area (Å²) in [5.74, 6) is -4.50. The third-order valence-corrected chi connectivity index (χ3v) is 7.38. The molecule has 0 saturated carbocycles. The van der Waals surface area contributed by atoms with Crippen LogP contribution in [0.2, 0.25) is 0 Å². The van der Waals surface area contributed by atoms with Gasteiger partial charge < -0.3 is 79.5 Å². The van der Waals surface area contributed by atoms with Gasteiger partial charge in [-0.15, -0.1) is 0 Å². The molecule has 11 N–H and O–H groups in total.